The molecule has 0 saturated carbocycles. The van der Waals surface area contributed by atoms with Gasteiger partial charge in [0.1, 0.15) is 25.1 Å². The van der Waals surface area contributed by atoms with E-state index in [1.54, 1.807) is 24.3 Å². The monoisotopic (exact) mass is 300 g/mol. The van der Waals surface area contributed by atoms with E-state index in [9.17, 15) is 4.79 Å². The van der Waals surface area contributed by atoms with Crippen LogP contribution in [0.3, 0.4) is 0 Å². The summed E-state index contributed by atoms with van der Waals surface area (Å²) in [7, 11) is 1.43. The summed E-state index contributed by atoms with van der Waals surface area (Å²) in [5.41, 5.74) is 7.82. The highest BCUT2D eigenvalue weighted by molar-refractivity contribution is 5.92. The molecule has 2 rings (SSSR count). The molecule has 1 amide bonds. The molecule has 0 aliphatic rings. The number of hydrogen-bond acceptors (Lipinski definition) is 7. The minimum absolute atomic E-state index is 0.123. The van der Waals surface area contributed by atoms with E-state index >= 15 is 0 Å². The first kappa shape index (κ1) is 15.2. The maximum absolute atomic E-state index is 11.0. The van der Waals surface area contributed by atoms with Gasteiger partial charge in [-0.3, -0.25) is 4.79 Å². The van der Waals surface area contributed by atoms with Crippen LogP contribution in [0.1, 0.15) is 12.5 Å². The van der Waals surface area contributed by atoms with Crippen molar-refractivity contribution in [2.45, 2.75) is 6.92 Å². The Morgan fingerprint density at radius 3 is 2.59 bits per heavy atom. The number of nitrogens with one attached hydrogen (secondary N) is 2. The van der Waals surface area contributed by atoms with Crippen molar-refractivity contribution in [1.82, 2.24) is 9.97 Å². The molecule has 0 aliphatic carbocycles. The van der Waals surface area contributed by atoms with E-state index < -0.39 is 0 Å². The number of rotatable bonds is 5. The Kier molecular flexibility index (Phi) is 4.86. The van der Waals surface area contributed by atoms with Crippen LogP contribution in [0.15, 0.2) is 35.7 Å². The van der Waals surface area contributed by atoms with Crippen molar-refractivity contribution in [3.63, 3.8) is 0 Å². The van der Waals surface area contributed by atoms with E-state index in [1.807, 2.05) is 0 Å². The molecule has 0 unspecified atom stereocenters. The van der Waals surface area contributed by atoms with E-state index in [4.69, 9.17) is 5.73 Å². The topological polar surface area (TPSA) is 115 Å². The van der Waals surface area contributed by atoms with Crippen LogP contribution in [-0.2, 0) is 9.63 Å². The number of aromatic nitrogens is 2. The van der Waals surface area contributed by atoms with Crippen molar-refractivity contribution >= 4 is 35.1 Å². The average molecular weight is 300 g/mol. The standard InChI is InChI=1S/C14H16N6O2/c1-9(21)19-10-3-5-11(6-4-10)20-14-12(7-18-22-2)13(15)16-8-17-14/h3-8H,1-2H3,(H,19,21)(H3,15,16,17,20)/b18-7+. The zero-order valence-electron chi connectivity index (χ0n) is 12.2. The highest BCUT2D eigenvalue weighted by Crippen LogP contribution is 2.21. The molecule has 8 nitrogen and oxygen atoms in total. The smallest absolute Gasteiger partial charge is 0.221 e. The first-order chi connectivity index (χ1) is 10.6. The molecule has 114 valence electrons. The van der Waals surface area contributed by atoms with Gasteiger partial charge in [-0.05, 0) is 24.3 Å². The van der Waals surface area contributed by atoms with Crippen LogP contribution >= 0.6 is 0 Å². The number of carbonyl (C=O) groups is 1. The quantitative estimate of drug-likeness (QED) is 0.572. The van der Waals surface area contributed by atoms with Gasteiger partial charge in [0.25, 0.3) is 0 Å². The van der Waals surface area contributed by atoms with Gasteiger partial charge in [0, 0.05) is 18.3 Å². The number of nitrogens with zero attached hydrogens (tertiary/aromatic N) is 3. The van der Waals surface area contributed by atoms with Crippen molar-refractivity contribution in [1.29, 1.82) is 0 Å². The molecule has 2 aromatic rings. The van der Waals surface area contributed by atoms with Crippen molar-refractivity contribution in [3.8, 4) is 0 Å². The number of nitrogen functional groups attached to an aromatic ring is 1. The Morgan fingerprint density at radius 1 is 1.27 bits per heavy atom. The van der Waals surface area contributed by atoms with Crippen molar-refractivity contribution < 1.29 is 9.63 Å². The normalized spacial score (nSPS) is 10.5. The molecule has 4 N–H and O–H groups in total. The molecule has 1 aromatic carbocycles. The van der Waals surface area contributed by atoms with Crippen LogP contribution in [0.5, 0.6) is 0 Å². The van der Waals surface area contributed by atoms with Crippen LogP contribution in [0, 0.1) is 0 Å². The van der Waals surface area contributed by atoms with Gasteiger partial charge < -0.3 is 21.2 Å². The Hall–Kier alpha value is -3.16. The van der Waals surface area contributed by atoms with E-state index in [2.05, 4.69) is 30.6 Å². The number of amides is 1. The molecule has 0 spiro atoms. The molecule has 0 saturated heterocycles. The minimum atomic E-state index is -0.123. The molecule has 0 radical (unpaired) electrons. The summed E-state index contributed by atoms with van der Waals surface area (Å²) in [6.07, 6.45) is 2.79. The number of hydrogen-bond donors (Lipinski definition) is 3. The number of nitrogens with two attached hydrogens (primary N) is 1. The fourth-order valence-electron chi connectivity index (χ4n) is 1.72. The molecule has 0 atom stereocenters. The van der Waals surface area contributed by atoms with Gasteiger partial charge in [0.15, 0.2) is 0 Å². The second-order valence-electron chi connectivity index (χ2n) is 4.32. The lowest BCUT2D eigenvalue weighted by atomic mass is 10.2. The first-order valence-corrected chi connectivity index (χ1v) is 6.42. The molecule has 22 heavy (non-hydrogen) atoms. The number of anilines is 4. The summed E-state index contributed by atoms with van der Waals surface area (Å²) < 4.78 is 0. The second kappa shape index (κ2) is 7.02. The molecular formula is C14H16N6O2. The highest BCUT2D eigenvalue weighted by atomic mass is 16.6. The van der Waals surface area contributed by atoms with Crippen molar-refractivity contribution in [3.05, 3.63) is 36.2 Å². The lowest BCUT2D eigenvalue weighted by Crippen LogP contribution is -2.06. The third-order valence-corrected chi connectivity index (χ3v) is 2.67. The molecule has 0 fully saturated rings. The predicted molar refractivity (Wildman–Crippen MR) is 85.1 cm³/mol. The van der Waals surface area contributed by atoms with Crippen LogP contribution in [0.25, 0.3) is 0 Å². The fraction of sp³-hybridized carbons (Fsp3) is 0.143. The lowest BCUT2D eigenvalue weighted by molar-refractivity contribution is -0.114. The molecule has 8 heteroatoms. The van der Waals surface area contributed by atoms with E-state index in [0.29, 0.717) is 17.1 Å². The third-order valence-electron chi connectivity index (χ3n) is 2.67. The highest BCUT2D eigenvalue weighted by Gasteiger charge is 2.08. The van der Waals surface area contributed by atoms with Gasteiger partial charge in [0.2, 0.25) is 5.91 Å². The zero-order chi connectivity index (χ0) is 15.9. The summed E-state index contributed by atoms with van der Waals surface area (Å²) in [6, 6.07) is 7.16. The van der Waals surface area contributed by atoms with Gasteiger partial charge in [0.05, 0.1) is 11.8 Å². The summed E-state index contributed by atoms with van der Waals surface area (Å²) in [6.45, 7) is 1.46. The number of benzene rings is 1. The van der Waals surface area contributed by atoms with Crippen LogP contribution in [0.4, 0.5) is 23.0 Å². The van der Waals surface area contributed by atoms with Crippen LogP contribution in [-0.4, -0.2) is 29.2 Å². The van der Waals surface area contributed by atoms with E-state index in [-0.39, 0.29) is 11.7 Å². The van der Waals surface area contributed by atoms with Crippen LogP contribution in [0.2, 0.25) is 0 Å². The summed E-state index contributed by atoms with van der Waals surface area (Å²) >= 11 is 0. The number of oxime groups is 1. The minimum Gasteiger partial charge on any atom is -0.399 e. The molecule has 1 aromatic heterocycles. The molecule has 0 aliphatic heterocycles. The second-order valence-corrected chi connectivity index (χ2v) is 4.32. The average Bonchev–Trinajstić information content (AvgIpc) is 2.48. The van der Waals surface area contributed by atoms with Gasteiger partial charge in [-0.25, -0.2) is 9.97 Å². The van der Waals surface area contributed by atoms with Gasteiger partial charge >= 0.3 is 0 Å². The maximum atomic E-state index is 11.0. The van der Waals surface area contributed by atoms with Crippen LogP contribution < -0.4 is 16.4 Å². The largest absolute Gasteiger partial charge is 0.399 e. The maximum Gasteiger partial charge on any atom is 0.221 e. The summed E-state index contributed by atoms with van der Waals surface area (Å²) in [5, 5.41) is 9.49. The zero-order valence-corrected chi connectivity index (χ0v) is 12.2. The fourth-order valence-corrected chi connectivity index (χ4v) is 1.72. The summed E-state index contributed by atoms with van der Waals surface area (Å²) in [5.74, 6) is 0.663. The Balaban J connectivity index is 2.21. The Morgan fingerprint density at radius 2 is 1.95 bits per heavy atom. The van der Waals surface area contributed by atoms with Gasteiger partial charge in [-0.2, -0.15) is 0 Å². The molecule has 1 heterocycles. The molecule has 0 bridgehead atoms. The van der Waals surface area contributed by atoms with E-state index in [1.165, 1.54) is 26.6 Å². The lowest BCUT2D eigenvalue weighted by Gasteiger charge is -2.10. The first-order valence-electron chi connectivity index (χ1n) is 6.42. The predicted octanol–water partition coefficient (Wildman–Crippen LogP) is 1.74. The SMILES string of the molecule is CO/N=C/c1c(N)ncnc1Nc1ccc(NC(C)=O)cc1. The Labute approximate surface area is 127 Å². The van der Waals surface area contributed by atoms with Gasteiger partial charge in [-0.1, -0.05) is 5.16 Å². The van der Waals surface area contributed by atoms with Gasteiger partial charge in [-0.15, -0.1) is 0 Å². The van der Waals surface area contributed by atoms with E-state index in [0.717, 1.165) is 5.69 Å². The molecular weight excluding hydrogens is 284 g/mol. The number of carbonyl (C=O) groups excluding carboxylic acids is 1. The summed E-state index contributed by atoms with van der Waals surface area (Å²) in [4.78, 5) is 23.7. The van der Waals surface area contributed by atoms with Crippen molar-refractivity contribution in [2.24, 2.45) is 5.16 Å². The Bertz CT molecular complexity index is 684. The van der Waals surface area contributed by atoms with Crippen molar-refractivity contribution in [2.75, 3.05) is 23.5 Å². The third kappa shape index (κ3) is 3.92.